The molecule has 1 nitrogen and oxygen atoms in total. The molecule has 0 bridgehead atoms. The summed E-state index contributed by atoms with van der Waals surface area (Å²) < 4.78 is 5.76. The first-order valence-corrected chi connectivity index (χ1v) is 6.22. The summed E-state index contributed by atoms with van der Waals surface area (Å²) in [6.45, 7) is 11.1. The van der Waals surface area contributed by atoms with E-state index in [1.165, 1.54) is 11.1 Å². The molecule has 0 spiro atoms. The van der Waals surface area contributed by atoms with Crippen LogP contribution in [0.4, 0.5) is 0 Å². The minimum Gasteiger partial charge on any atom is -0.481 e. The maximum Gasteiger partial charge on any atom is 0.149 e. The Morgan fingerprint density at radius 1 is 1.12 bits per heavy atom. The van der Waals surface area contributed by atoms with Crippen LogP contribution < -0.4 is 4.74 Å². The molecule has 0 heterocycles. The van der Waals surface area contributed by atoms with Gasteiger partial charge in [-0.1, -0.05) is 45.7 Å². The van der Waals surface area contributed by atoms with E-state index in [0.717, 1.165) is 5.75 Å². The molecule has 92 valence electrons. The molecular formula is C16H22O. The van der Waals surface area contributed by atoms with Crippen LogP contribution in [0, 0.1) is 11.8 Å². The van der Waals surface area contributed by atoms with E-state index >= 15 is 0 Å². The van der Waals surface area contributed by atoms with Crippen molar-refractivity contribution < 1.29 is 4.74 Å². The molecule has 0 fully saturated rings. The first-order chi connectivity index (χ1) is 8.06. The molecule has 1 heteroatoms. The Kier molecular flexibility index (Phi) is 5.10. The molecule has 1 rings (SSSR count). The zero-order chi connectivity index (χ0) is 12.8. The third kappa shape index (κ3) is 3.82. The van der Waals surface area contributed by atoms with Gasteiger partial charge in [-0.3, -0.25) is 0 Å². The number of hydrogen-bond donors (Lipinski definition) is 0. The molecule has 0 aliphatic carbocycles. The van der Waals surface area contributed by atoms with Crippen molar-refractivity contribution in [1.82, 2.24) is 0 Å². The first-order valence-electron chi connectivity index (χ1n) is 6.22. The SMILES string of the molecule is CC#CCOc1cc(C(C)C)ccc1C(C)C. The first kappa shape index (κ1) is 13.6. The van der Waals surface area contributed by atoms with Crippen molar-refractivity contribution in [1.29, 1.82) is 0 Å². The van der Waals surface area contributed by atoms with Crippen LogP contribution in [0.3, 0.4) is 0 Å². The van der Waals surface area contributed by atoms with Crippen LogP contribution >= 0.6 is 0 Å². The molecule has 0 radical (unpaired) electrons. The van der Waals surface area contributed by atoms with Crippen LogP contribution in [0.5, 0.6) is 5.75 Å². The second-order valence-electron chi connectivity index (χ2n) is 4.82. The Hall–Kier alpha value is -1.42. The van der Waals surface area contributed by atoms with Crippen molar-refractivity contribution in [2.45, 2.75) is 46.5 Å². The highest BCUT2D eigenvalue weighted by molar-refractivity contribution is 5.40. The molecule has 0 saturated carbocycles. The number of hydrogen-bond acceptors (Lipinski definition) is 1. The Bertz CT molecular complexity index is 419. The van der Waals surface area contributed by atoms with E-state index in [0.29, 0.717) is 18.4 Å². The monoisotopic (exact) mass is 230 g/mol. The van der Waals surface area contributed by atoms with Crippen molar-refractivity contribution >= 4 is 0 Å². The summed E-state index contributed by atoms with van der Waals surface area (Å²) in [4.78, 5) is 0. The second kappa shape index (κ2) is 6.35. The van der Waals surface area contributed by atoms with Crippen molar-refractivity contribution in [3.05, 3.63) is 29.3 Å². The highest BCUT2D eigenvalue weighted by atomic mass is 16.5. The van der Waals surface area contributed by atoms with Crippen LogP contribution in [-0.4, -0.2) is 6.61 Å². The lowest BCUT2D eigenvalue weighted by atomic mass is 9.96. The molecule has 0 amide bonds. The van der Waals surface area contributed by atoms with E-state index in [1.807, 2.05) is 6.92 Å². The Morgan fingerprint density at radius 3 is 2.35 bits per heavy atom. The third-order valence-corrected chi connectivity index (χ3v) is 2.80. The van der Waals surface area contributed by atoms with E-state index in [2.05, 4.69) is 57.7 Å². The molecule has 0 N–H and O–H groups in total. The maximum atomic E-state index is 5.76. The Morgan fingerprint density at radius 2 is 1.82 bits per heavy atom. The lowest BCUT2D eigenvalue weighted by Gasteiger charge is -2.15. The Balaban J connectivity index is 3.01. The van der Waals surface area contributed by atoms with Gasteiger partial charge >= 0.3 is 0 Å². The molecule has 0 aliphatic heterocycles. The lowest BCUT2D eigenvalue weighted by molar-refractivity contribution is 0.363. The van der Waals surface area contributed by atoms with Gasteiger partial charge in [-0.2, -0.15) is 0 Å². The highest BCUT2D eigenvalue weighted by Crippen LogP contribution is 2.30. The summed E-state index contributed by atoms with van der Waals surface area (Å²) in [5.41, 5.74) is 2.57. The summed E-state index contributed by atoms with van der Waals surface area (Å²) in [5, 5.41) is 0. The average molecular weight is 230 g/mol. The molecule has 0 unspecified atom stereocenters. The highest BCUT2D eigenvalue weighted by Gasteiger charge is 2.10. The molecule has 0 atom stereocenters. The van der Waals surface area contributed by atoms with Gasteiger partial charge < -0.3 is 4.74 Å². The smallest absolute Gasteiger partial charge is 0.149 e. The standard InChI is InChI=1S/C16H22O/c1-6-7-10-17-16-11-14(12(2)3)8-9-15(16)13(4)5/h8-9,11-13H,10H2,1-5H3. The number of ether oxygens (including phenoxy) is 1. The summed E-state index contributed by atoms with van der Waals surface area (Å²) >= 11 is 0. The fraction of sp³-hybridized carbons (Fsp3) is 0.500. The van der Waals surface area contributed by atoms with Crippen molar-refractivity contribution in [3.8, 4) is 17.6 Å². The van der Waals surface area contributed by atoms with Crippen LogP contribution in [0.2, 0.25) is 0 Å². The summed E-state index contributed by atoms with van der Waals surface area (Å²) in [7, 11) is 0. The van der Waals surface area contributed by atoms with Gasteiger partial charge in [0, 0.05) is 0 Å². The predicted octanol–water partition coefficient (Wildman–Crippen LogP) is 4.34. The largest absolute Gasteiger partial charge is 0.481 e. The zero-order valence-corrected chi connectivity index (χ0v) is 11.5. The average Bonchev–Trinajstić information content (AvgIpc) is 2.28. The lowest BCUT2D eigenvalue weighted by Crippen LogP contribution is -2.01. The van der Waals surface area contributed by atoms with Gasteiger partial charge in [-0.15, -0.1) is 5.92 Å². The van der Waals surface area contributed by atoms with Gasteiger partial charge in [0.05, 0.1) is 0 Å². The second-order valence-corrected chi connectivity index (χ2v) is 4.82. The predicted molar refractivity (Wildman–Crippen MR) is 73.6 cm³/mol. The molecule has 0 aromatic heterocycles. The van der Waals surface area contributed by atoms with Gasteiger partial charge in [0.15, 0.2) is 0 Å². The van der Waals surface area contributed by atoms with Crippen LogP contribution in [0.1, 0.15) is 57.6 Å². The number of rotatable bonds is 4. The van der Waals surface area contributed by atoms with Crippen molar-refractivity contribution in [2.75, 3.05) is 6.61 Å². The minimum absolute atomic E-state index is 0.470. The van der Waals surface area contributed by atoms with Gasteiger partial charge in [-0.25, -0.2) is 0 Å². The van der Waals surface area contributed by atoms with E-state index in [9.17, 15) is 0 Å². The fourth-order valence-corrected chi connectivity index (χ4v) is 1.70. The summed E-state index contributed by atoms with van der Waals surface area (Å²) in [6.07, 6.45) is 0. The van der Waals surface area contributed by atoms with Crippen molar-refractivity contribution in [3.63, 3.8) is 0 Å². The topological polar surface area (TPSA) is 9.23 Å². The van der Waals surface area contributed by atoms with E-state index in [-0.39, 0.29) is 0 Å². The Labute approximate surface area is 105 Å². The third-order valence-electron chi connectivity index (χ3n) is 2.80. The van der Waals surface area contributed by atoms with Crippen molar-refractivity contribution in [2.24, 2.45) is 0 Å². The van der Waals surface area contributed by atoms with E-state index in [1.54, 1.807) is 0 Å². The summed E-state index contributed by atoms with van der Waals surface area (Å²) in [5.74, 6) is 7.77. The fourth-order valence-electron chi connectivity index (χ4n) is 1.70. The zero-order valence-electron chi connectivity index (χ0n) is 11.5. The van der Waals surface area contributed by atoms with Crippen LogP contribution in [-0.2, 0) is 0 Å². The molecule has 1 aromatic rings. The van der Waals surface area contributed by atoms with Gasteiger partial charge in [0.1, 0.15) is 12.4 Å². The molecule has 0 aliphatic rings. The number of benzene rings is 1. The molecule has 17 heavy (non-hydrogen) atoms. The molecular weight excluding hydrogens is 208 g/mol. The molecule has 0 saturated heterocycles. The maximum absolute atomic E-state index is 5.76. The quantitative estimate of drug-likeness (QED) is 0.699. The van der Waals surface area contributed by atoms with E-state index < -0.39 is 0 Å². The van der Waals surface area contributed by atoms with E-state index in [4.69, 9.17) is 4.74 Å². The molecule has 1 aromatic carbocycles. The van der Waals surface area contributed by atoms with Gasteiger partial charge in [0.2, 0.25) is 0 Å². The minimum atomic E-state index is 0.470. The van der Waals surface area contributed by atoms with Crippen LogP contribution in [0.15, 0.2) is 18.2 Å². The van der Waals surface area contributed by atoms with Crippen LogP contribution in [0.25, 0.3) is 0 Å². The van der Waals surface area contributed by atoms with Gasteiger partial charge in [0.25, 0.3) is 0 Å². The summed E-state index contributed by atoms with van der Waals surface area (Å²) in [6, 6.07) is 6.52. The normalized spacial score (nSPS) is 10.3. The van der Waals surface area contributed by atoms with Gasteiger partial charge in [-0.05, 0) is 36.0 Å².